The minimum absolute atomic E-state index is 0.634. The second kappa shape index (κ2) is 2.58. The molecule has 2 aliphatic heterocycles. The maximum Gasteiger partial charge on any atom is 0.0354 e. The molecule has 13 heavy (non-hydrogen) atoms. The third-order valence-electron chi connectivity index (χ3n) is 3.57. The predicted molar refractivity (Wildman–Crippen MR) is 53.5 cm³/mol. The normalized spacial score (nSPS) is 35.9. The lowest BCUT2D eigenvalue weighted by Gasteiger charge is -2.27. The Labute approximate surface area is 79.2 Å². The topological polar surface area (TPSA) is 12.0 Å². The van der Waals surface area contributed by atoms with Crippen LogP contribution in [-0.4, -0.2) is 0 Å². The fraction of sp³-hybridized carbons (Fsp3) is 0.500. The molecule has 68 valence electrons. The first kappa shape index (κ1) is 7.57. The molecule has 1 heteroatoms. The van der Waals surface area contributed by atoms with Crippen molar-refractivity contribution in [2.75, 3.05) is 0 Å². The van der Waals surface area contributed by atoms with Crippen LogP contribution in [0.5, 0.6) is 0 Å². The molecule has 3 rings (SSSR count). The number of benzene rings is 1. The van der Waals surface area contributed by atoms with Crippen LogP contribution in [0, 0.1) is 5.92 Å². The van der Waals surface area contributed by atoms with Crippen molar-refractivity contribution in [1.82, 2.24) is 5.32 Å². The van der Waals surface area contributed by atoms with Crippen LogP contribution in [0.1, 0.15) is 43.0 Å². The number of nitrogens with one attached hydrogen (secondary N) is 1. The summed E-state index contributed by atoms with van der Waals surface area (Å²) >= 11 is 0. The summed E-state index contributed by atoms with van der Waals surface area (Å²) in [5, 5.41) is 3.71. The van der Waals surface area contributed by atoms with Gasteiger partial charge in [-0.1, -0.05) is 31.2 Å². The van der Waals surface area contributed by atoms with Gasteiger partial charge in [-0.25, -0.2) is 0 Å². The SMILES string of the molecule is C[C@@H]1CCC2NC1c1ccccc12. The number of hydrogen-bond acceptors (Lipinski definition) is 1. The molecule has 0 aromatic heterocycles. The zero-order chi connectivity index (χ0) is 8.84. The molecule has 1 saturated heterocycles. The van der Waals surface area contributed by atoms with Crippen molar-refractivity contribution in [3.63, 3.8) is 0 Å². The van der Waals surface area contributed by atoms with Gasteiger partial charge in [0.2, 0.25) is 0 Å². The van der Waals surface area contributed by atoms with E-state index < -0.39 is 0 Å². The third-order valence-corrected chi connectivity index (χ3v) is 3.57. The second-order valence-electron chi connectivity index (χ2n) is 4.38. The van der Waals surface area contributed by atoms with Crippen molar-refractivity contribution in [2.24, 2.45) is 5.92 Å². The summed E-state index contributed by atoms with van der Waals surface area (Å²) in [5.41, 5.74) is 3.11. The van der Waals surface area contributed by atoms with Crippen molar-refractivity contribution in [2.45, 2.75) is 31.8 Å². The minimum atomic E-state index is 0.634. The highest BCUT2D eigenvalue weighted by Gasteiger charge is 2.36. The summed E-state index contributed by atoms with van der Waals surface area (Å²) in [7, 11) is 0. The Kier molecular flexibility index (Phi) is 1.50. The molecule has 0 amide bonds. The van der Waals surface area contributed by atoms with Gasteiger partial charge in [0, 0.05) is 12.1 Å². The molecule has 2 aliphatic rings. The summed E-state index contributed by atoms with van der Waals surface area (Å²) in [4.78, 5) is 0. The summed E-state index contributed by atoms with van der Waals surface area (Å²) in [6.07, 6.45) is 2.69. The van der Waals surface area contributed by atoms with E-state index >= 15 is 0 Å². The molecule has 2 heterocycles. The highest BCUT2D eigenvalue weighted by Crippen LogP contribution is 2.45. The van der Waals surface area contributed by atoms with Crippen molar-refractivity contribution in [3.8, 4) is 0 Å². The number of piperidine rings is 1. The molecule has 1 aromatic rings. The van der Waals surface area contributed by atoms with Gasteiger partial charge in [-0.2, -0.15) is 0 Å². The van der Waals surface area contributed by atoms with E-state index in [1.165, 1.54) is 12.8 Å². The van der Waals surface area contributed by atoms with Crippen LogP contribution >= 0.6 is 0 Å². The van der Waals surface area contributed by atoms with Crippen LogP contribution in [-0.2, 0) is 0 Å². The van der Waals surface area contributed by atoms with Crippen LogP contribution in [0.25, 0.3) is 0 Å². The zero-order valence-electron chi connectivity index (χ0n) is 7.96. The van der Waals surface area contributed by atoms with Crippen molar-refractivity contribution < 1.29 is 0 Å². The van der Waals surface area contributed by atoms with E-state index in [1.54, 1.807) is 11.1 Å². The Morgan fingerprint density at radius 3 is 2.77 bits per heavy atom. The fourth-order valence-corrected chi connectivity index (χ4v) is 2.81. The molecular weight excluding hydrogens is 158 g/mol. The molecule has 0 radical (unpaired) electrons. The molecule has 1 nitrogen and oxygen atoms in total. The van der Waals surface area contributed by atoms with E-state index in [1.807, 2.05) is 0 Å². The molecular formula is C12H15N. The second-order valence-corrected chi connectivity index (χ2v) is 4.38. The Bertz CT molecular complexity index is 332. The van der Waals surface area contributed by atoms with Gasteiger partial charge in [0.25, 0.3) is 0 Å². The maximum absolute atomic E-state index is 3.71. The van der Waals surface area contributed by atoms with Gasteiger partial charge in [0.15, 0.2) is 0 Å². The van der Waals surface area contributed by atoms with E-state index in [4.69, 9.17) is 0 Å². The molecule has 1 N–H and O–H groups in total. The predicted octanol–water partition coefficient (Wildman–Crippen LogP) is 2.80. The fourth-order valence-electron chi connectivity index (χ4n) is 2.81. The third kappa shape index (κ3) is 0.969. The average molecular weight is 173 g/mol. The summed E-state index contributed by atoms with van der Waals surface area (Å²) in [6, 6.07) is 10.2. The number of rotatable bonds is 0. The molecule has 3 atom stereocenters. The van der Waals surface area contributed by atoms with Gasteiger partial charge < -0.3 is 5.32 Å². The molecule has 1 aromatic carbocycles. The largest absolute Gasteiger partial charge is 0.303 e. The number of fused-ring (bicyclic) bond motifs is 5. The van der Waals surface area contributed by atoms with E-state index in [2.05, 4.69) is 36.5 Å². The van der Waals surface area contributed by atoms with Gasteiger partial charge in [-0.3, -0.25) is 0 Å². The highest BCUT2D eigenvalue weighted by molar-refractivity contribution is 5.38. The zero-order valence-corrected chi connectivity index (χ0v) is 7.96. The molecule has 1 fully saturated rings. The van der Waals surface area contributed by atoms with Gasteiger partial charge >= 0.3 is 0 Å². The first-order chi connectivity index (χ1) is 6.36. The van der Waals surface area contributed by atoms with E-state index in [9.17, 15) is 0 Å². The summed E-state index contributed by atoms with van der Waals surface area (Å²) in [6.45, 7) is 2.36. The van der Waals surface area contributed by atoms with Crippen molar-refractivity contribution in [3.05, 3.63) is 35.4 Å². The van der Waals surface area contributed by atoms with Gasteiger partial charge in [-0.15, -0.1) is 0 Å². The van der Waals surface area contributed by atoms with Crippen LogP contribution in [0.3, 0.4) is 0 Å². The van der Waals surface area contributed by atoms with E-state index in [-0.39, 0.29) is 0 Å². The monoisotopic (exact) mass is 173 g/mol. The van der Waals surface area contributed by atoms with Gasteiger partial charge in [0.1, 0.15) is 0 Å². The first-order valence-electron chi connectivity index (χ1n) is 5.21. The van der Waals surface area contributed by atoms with E-state index in [0.717, 1.165) is 5.92 Å². The van der Waals surface area contributed by atoms with Crippen LogP contribution < -0.4 is 5.32 Å². The average Bonchev–Trinajstić information content (AvgIpc) is 2.48. The minimum Gasteiger partial charge on any atom is -0.303 e. The van der Waals surface area contributed by atoms with Crippen molar-refractivity contribution in [1.29, 1.82) is 0 Å². The Morgan fingerprint density at radius 1 is 1.15 bits per heavy atom. The molecule has 2 bridgehead atoms. The lowest BCUT2D eigenvalue weighted by molar-refractivity contribution is 0.281. The highest BCUT2D eigenvalue weighted by atomic mass is 15.0. The molecule has 0 spiro atoms. The Morgan fingerprint density at radius 2 is 1.92 bits per heavy atom. The van der Waals surface area contributed by atoms with Gasteiger partial charge in [-0.05, 0) is 29.9 Å². The van der Waals surface area contributed by atoms with Gasteiger partial charge in [0.05, 0.1) is 0 Å². The Hall–Kier alpha value is -0.820. The first-order valence-corrected chi connectivity index (χ1v) is 5.21. The van der Waals surface area contributed by atoms with E-state index in [0.29, 0.717) is 12.1 Å². The van der Waals surface area contributed by atoms with Crippen molar-refractivity contribution >= 4 is 0 Å². The quantitative estimate of drug-likeness (QED) is 0.636. The van der Waals surface area contributed by atoms with Crippen LogP contribution in [0.15, 0.2) is 24.3 Å². The molecule has 0 saturated carbocycles. The smallest absolute Gasteiger partial charge is 0.0354 e. The summed E-state index contributed by atoms with van der Waals surface area (Å²) < 4.78 is 0. The Balaban J connectivity index is 2.13. The lowest BCUT2D eigenvalue weighted by atomic mass is 9.92. The van der Waals surface area contributed by atoms with Crippen LogP contribution in [0.4, 0.5) is 0 Å². The standard InChI is InChI=1S/C12H15N/c1-8-6-7-11-9-4-2-3-5-10(9)12(8)13-11/h2-5,8,11-13H,6-7H2,1H3/t8-,11?,12?/m1/s1. The van der Waals surface area contributed by atoms with Crippen LogP contribution in [0.2, 0.25) is 0 Å². The molecule has 2 unspecified atom stereocenters. The maximum atomic E-state index is 3.71. The lowest BCUT2D eigenvalue weighted by Crippen LogP contribution is -2.28. The molecule has 0 aliphatic carbocycles. The number of hydrogen-bond donors (Lipinski definition) is 1. The summed E-state index contributed by atoms with van der Waals surface area (Å²) in [5.74, 6) is 0.805.